The smallest absolute Gasteiger partial charge is 0.198 e. The number of aryl methyl sites for hydroxylation is 1. The van der Waals surface area contributed by atoms with Crippen LogP contribution < -0.4 is 0 Å². The van der Waals surface area contributed by atoms with Crippen molar-refractivity contribution in [2.45, 2.75) is 33.6 Å². The van der Waals surface area contributed by atoms with Gasteiger partial charge in [-0.15, -0.1) is 11.3 Å². The van der Waals surface area contributed by atoms with Crippen LogP contribution in [0.2, 0.25) is 0 Å². The summed E-state index contributed by atoms with van der Waals surface area (Å²) in [6.45, 7) is 6.02. The number of carbonyl (C=O) groups excluding carboxylic acids is 1. The minimum absolute atomic E-state index is 0.201. The van der Waals surface area contributed by atoms with Crippen LogP contribution >= 0.6 is 11.3 Å². The molecular weight excluding hydrogens is 216 g/mol. The van der Waals surface area contributed by atoms with Crippen LogP contribution in [0.5, 0.6) is 0 Å². The Morgan fingerprint density at radius 3 is 2.56 bits per heavy atom. The van der Waals surface area contributed by atoms with Crippen LogP contribution in [-0.2, 0) is 0 Å². The maximum absolute atomic E-state index is 11.9. The molecule has 0 radical (unpaired) electrons. The van der Waals surface area contributed by atoms with E-state index in [0.29, 0.717) is 0 Å². The number of allylic oxidation sites excluding steroid dienone is 4. The molecule has 0 unspecified atom stereocenters. The lowest BCUT2D eigenvalue weighted by molar-refractivity contribution is 0.103. The SMILES string of the molecule is CC.Cc1ccc(C(=O)C2=CC=CCC2)s1. The number of hydrogen-bond donors (Lipinski definition) is 0. The van der Waals surface area contributed by atoms with Crippen molar-refractivity contribution in [1.29, 1.82) is 0 Å². The Morgan fingerprint density at radius 1 is 1.31 bits per heavy atom. The first-order valence-electron chi connectivity index (χ1n) is 5.74. The summed E-state index contributed by atoms with van der Waals surface area (Å²) in [6.07, 6.45) is 7.86. The van der Waals surface area contributed by atoms with Gasteiger partial charge >= 0.3 is 0 Å². The van der Waals surface area contributed by atoms with E-state index in [0.717, 1.165) is 23.3 Å². The van der Waals surface area contributed by atoms with Crippen LogP contribution in [0.3, 0.4) is 0 Å². The first-order valence-corrected chi connectivity index (χ1v) is 6.56. The molecule has 1 aromatic rings. The second kappa shape index (κ2) is 6.44. The second-order valence-electron chi connectivity index (χ2n) is 3.40. The number of hydrogen-bond acceptors (Lipinski definition) is 2. The summed E-state index contributed by atoms with van der Waals surface area (Å²) >= 11 is 1.58. The van der Waals surface area contributed by atoms with Gasteiger partial charge in [-0.3, -0.25) is 4.79 Å². The zero-order valence-electron chi connectivity index (χ0n) is 10.1. The fourth-order valence-corrected chi connectivity index (χ4v) is 2.35. The highest BCUT2D eigenvalue weighted by Gasteiger charge is 2.13. The molecule has 1 aliphatic rings. The Balaban J connectivity index is 0.000000606. The van der Waals surface area contributed by atoms with Crippen molar-refractivity contribution in [1.82, 2.24) is 0 Å². The molecule has 0 fully saturated rings. The van der Waals surface area contributed by atoms with Crippen LogP contribution in [0.1, 0.15) is 41.2 Å². The Kier molecular flexibility index (Phi) is 5.20. The predicted octanol–water partition coefficient (Wildman–Crippen LogP) is 4.54. The van der Waals surface area contributed by atoms with E-state index in [1.165, 1.54) is 4.88 Å². The summed E-state index contributed by atoms with van der Waals surface area (Å²) in [5.74, 6) is 0.201. The van der Waals surface area contributed by atoms with Gasteiger partial charge in [0.25, 0.3) is 0 Å². The first kappa shape index (κ1) is 12.9. The first-order chi connectivity index (χ1) is 7.77. The molecule has 0 saturated heterocycles. The molecule has 0 amide bonds. The summed E-state index contributed by atoms with van der Waals surface area (Å²) in [5.41, 5.74) is 0.939. The third-order valence-electron chi connectivity index (χ3n) is 2.27. The number of rotatable bonds is 2. The van der Waals surface area contributed by atoms with Crippen molar-refractivity contribution < 1.29 is 4.79 Å². The summed E-state index contributed by atoms with van der Waals surface area (Å²) in [4.78, 5) is 14.0. The van der Waals surface area contributed by atoms with E-state index in [1.54, 1.807) is 11.3 Å². The van der Waals surface area contributed by atoms with Gasteiger partial charge in [0, 0.05) is 10.5 Å². The minimum atomic E-state index is 0.201. The van der Waals surface area contributed by atoms with Gasteiger partial charge in [0.2, 0.25) is 0 Å². The largest absolute Gasteiger partial charge is 0.288 e. The fraction of sp³-hybridized carbons (Fsp3) is 0.357. The van der Waals surface area contributed by atoms with E-state index in [-0.39, 0.29) is 5.78 Å². The van der Waals surface area contributed by atoms with Crippen LogP contribution in [0.4, 0.5) is 0 Å². The second-order valence-corrected chi connectivity index (χ2v) is 4.69. The zero-order valence-corrected chi connectivity index (χ0v) is 10.9. The van der Waals surface area contributed by atoms with E-state index in [4.69, 9.17) is 0 Å². The molecular formula is C14H18OS. The molecule has 2 rings (SSSR count). The summed E-state index contributed by atoms with van der Waals surface area (Å²) < 4.78 is 0. The molecule has 86 valence electrons. The van der Waals surface area contributed by atoms with Crippen LogP contribution in [0.15, 0.2) is 35.9 Å². The summed E-state index contributed by atoms with van der Waals surface area (Å²) in [6, 6.07) is 3.92. The Bertz CT molecular complexity index is 410. The van der Waals surface area contributed by atoms with E-state index in [1.807, 2.05) is 45.1 Å². The topological polar surface area (TPSA) is 17.1 Å². The number of carbonyl (C=O) groups is 1. The number of Topliss-reactive ketones (excluding diaryl/α,β-unsaturated/α-hetero) is 1. The highest BCUT2D eigenvalue weighted by Crippen LogP contribution is 2.22. The molecule has 0 aromatic carbocycles. The van der Waals surface area contributed by atoms with Crippen LogP contribution in [0, 0.1) is 6.92 Å². The van der Waals surface area contributed by atoms with Crippen molar-refractivity contribution in [3.05, 3.63) is 45.7 Å². The molecule has 16 heavy (non-hydrogen) atoms. The van der Waals surface area contributed by atoms with Gasteiger partial charge in [0.05, 0.1) is 4.88 Å². The lowest BCUT2D eigenvalue weighted by Crippen LogP contribution is -2.02. The van der Waals surface area contributed by atoms with E-state index < -0.39 is 0 Å². The van der Waals surface area contributed by atoms with Crippen molar-refractivity contribution >= 4 is 17.1 Å². The van der Waals surface area contributed by atoms with E-state index in [9.17, 15) is 4.79 Å². The van der Waals surface area contributed by atoms with Gasteiger partial charge in [0.15, 0.2) is 5.78 Å². The molecule has 2 heteroatoms. The van der Waals surface area contributed by atoms with Gasteiger partial charge in [-0.25, -0.2) is 0 Å². The lowest BCUT2D eigenvalue weighted by Gasteiger charge is -2.05. The molecule has 0 aliphatic heterocycles. The highest BCUT2D eigenvalue weighted by atomic mass is 32.1. The highest BCUT2D eigenvalue weighted by molar-refractivity contribution is 7.14. The van der Waals surface area contributed by atoms with Crippen molar-refractivity contribution in [2.24, 2.45) is 0 Å². The van der Waals surface area contributed by atoms with Crippen LogP contribution in [-0.4, -0.2) is 5.78 Å². The molecule has 1 aromatic heterocycles. The lowest BCUT2D eigenvalue weighted by atomic mass is 10.0. The Labute approximate surface area is 102 Å². The Hall–Kier alpha value is -1.15. The standard InChI is InChI=1S/C12H12OS.C2H6/c1-9-7-8-11(14-9)12(13)10-5-3-2-4-6-10;1-2/h2-3,5,7-8H,4,6H2,1H3;1-2H3. The maximum Gasteiger partial charge on any atom is 0.198 e. The monoisotopic (exact) mass is 234 g/mol. The Morgan fingerprint density at radius 2 is 2.06 bits per heavy atom. The van der Waals surface area contributed by atoms with E-state index >= 15 is 0 Å². The van der Waals surface area contributed by atoms with Crippen LogP contribution in [0.25, 0.3) is 0 Å². The molecule has 0 bridgehead atoms. The van der Waals surface area contributed by atoms with Gasteiger partial charge in [-0.2, -0.15) is 0 Å². The number of ketones is 1. The molecule has 0 saturated carbocycles. The van der Waals surface area contributed by atoms with Crippen molar-refractivity contribution in [3.8, 4) is 0 Å². The van der Waals surface area contributed by atoms with Gasteiger partial charge in [0.1, 0.15) is 0 Å². The van der Waals surface area contributed by atoms with Gasteiger partial charge < -0.3 is 0 Å². The molecule has 0 atom stereocenters. The van der Waals surface area contributed by atoms with Crippen molar-refractivity contribution in [2.75, 3.05) is 0 Å². The fourth-order valence-electron chi connectivity index (χ4n) is 1.51. The van der Waals surface area contributed by atoms with Gasteiger partial charge in [-0.05, 0) is 31.9 Å². The average Bonchev–Trinajstić information content (AvgIpc) is 2.79. The van der Waals surface area contributed by atoms with Crippen molar-refractivity contribution in [3.63, 3.8) is 0 Å². The number of thiophene rings is 1. The quantitative estimate of drug-likeness (QED) is 0.686. The predicted molar refractivity (Wildman–Crippen MR) is 71.2 cm³/mol. The van der Waals surface area contributed by atoms with Gasteiger partial charge in [-0.1, -0.05) is 32.1 Å². The molecule has 1 aliphatic carbocycles. The molecule has 1 nitrogen and oxygen atoms in total. The third kappa shape index (κ3) is 3.17. The maximum atomic E-state index is 11.9. The molecule has 0 N–H and O–H groups in total. The average molecular weight is 234 g/mol. The third-order valence-corrected chi connectivity index (χ3v) is 3.27. The molecule has 0 spiro atoms. The van der Waals surface area contributed by atoms with E-state index in [2.05, 4.69) is 6.08 Å². The zero-order chi connectivity index (χ0) is 12.0. The minimum Gasteiger partial charge on any atom is -0.288 e. The summed E-state index contributed by atoms with van der Waals surface area (Å²) in [5, 5.41) is 0. The molecule has 1 heterocycles. The summed E-state index contributed by atoms with van der Waals surface area (Å²) in [7, 11) is 0. The normalized spacial score (nSPS) is 13.8.